The van der Waals surface area contributed by atoms with Crippen LogP contribution in [0.25, 0.3) is 0 Å². The molecule has 0 bridgehead atoms. The third-order valence-electron chi connectivity index (χ3n) is 4.05. The number of benzene rings is 1. The van der Waals surface area contributed by atoms with E-state index in [1.54, 1.807) is 4.90 Å². The van der Waals surface area contributed by atoms with Gasteiger partial charge >= 0.3 is 12.1 Å². The quantitative estimate of drug-likeness (QED) is 0.790. The van der Waals surface area contributed by atoms with E-state index in [1.807, 2.05) is 58.0 Å². The van der Waals surface area contributed by atoms with Crippen LogP contribution in [0, 0.1) is 5.92 Å². The molecular weight excluding hydrogens is 306 g/mol. The molecule has 0 aromatic heterocycles. The van der Waals surface area contributed by atoms with Gasteiger partial charge in [-0.1, -0.05) is 30.3 Å². The van der Waals surface area contributed by atoms with E-state index in [0.717, 1.165) is 12.0 Å². The van der Waals surface area contributed by atoms with Crippen molar-refractivity contribution < 1.29 is 19.1 Å². The number of likely N-dealkylation sites (tertiary alicyclic amines) is 1. The SMILES string of the molecule is CCOC(=O)C(c1ccccc1)C1CCN(C(=O)OC(C)(C)C)C1. The highest BCUT2D eigenvalue weighted by atomic mass is 16.6. The summed E-state index contributed by atoms with van der Waals surface area (Å²) in [6, 6.07) is 9.65. The highest BCUT2D eigenvalue weighted by Gasteiger charge is 2.38. The molecule has 24 heavy (non-hydrogen) atoms. The molecule has 2 atom stereocenters. The van der Waals surface area contributed by atoms with Gasteiger partial charge in [0.15, 0.2) is 0 Å². The summed E-state index contributed by atoms with van der Waals surface area (Å²) in [5, 5.41) is 0. The van der Waals surface area contributed by atoms with Crippen LogP contribution in [0.4, 0.5) is 4.79 Å². The van der Waals surface area contributed by atoms with Gasteiger partial charge < -0.3 is 14.4 Å². The fourth-order valence-corrected chi connectivity index (χ4v) is 3.04. The summed E-state index contributed by atoms with van der Waals surface area (Å²) < 4.78 is 10.7. The van der Waals surface area contributed by atoms with Gasteiger partial charge in [-0.15, -0.1) is 0 Å². The molecule has 0 spiro atoms. The number of carbonyl (C=O) groups is 2. The van der Waals surface area contributed by atoms with Crippen LogP contribution in [0.15, 0.2) is 30.3 Å². The van der Waals surface area contributed by atoms with Gasteiger partial charge in [-0.05, 0) is 45.6 Å². The summed E-state index contributed by atoms with van der Waals surface area (Å²) in [4.78, 5) is 26.4. The predicted octanol–water partition coefficient (Wildman–Crippen LogP) is 3.59. The zero-order valence-electron chi connectivity index (χ0n) is 15.0. The molecular formula is C19H27NO4. The Labute approximate surface area is 143 Å². The minimum Gasteiger partial charge on any atom is -0.466 e. The molecule has 1 aliphatic heterocycles. The van der Waals surface area contributed by atoms with Gasteiger partial charge in [0.25, 0.3) is 0 Å². The molecule has 1 fully saturated rings. The second-order valence-electron chi connectivity index (χ2n) is 7.12. The van der Waals surface area contributed by atoms with Crippen molar-refractivity contribution in [3.05, 3.63) is 35.9 Å². The maximum Gasteiger partial charge on any atom is 0.410 e. The predicted molar refractivity (Wildman–Crippen MR) is 91.7 cm³/mol. The first kappa shape index (κ1) is 18.3. The van der Waals surface area contributed by atoms with E-state index in [1.165, 1.54) is 0 Å². The standard InChI is InChI=1S/C19H27NO4/c1-5-23-17(21)16(14-9-7-6-8-10-14)15-11-12-20(13-15)18(22)24-19(2,3)4/h6-10,15-16H,5,11-13H2,1-4H3. The van der Waals surface area contributed by atoms with Crippen LogP contribution in [0.1, 0.15) is 45.6 Å². The van der Waals surface area contributed by atoms with Crippen molar-refractivity contribution in [1.82, 2.24) is 4.90 Å². The van der Waals surface area contributed by atoms with Crippen molar-refractivity contribution >= 4 is 12.1 Å². The van der Waals surface area contributed by atoms with Crippen molar-refractivity contribution in [2.75, 3.05) is 19.7 Å². The first-order valence-corrected chi connectivity index (χ1v) is 8.51. The maximum atomic E-state index is 12.5. The summed E-state index contributed by atoms with van der Waals surface area (Å²) in [7, 11) is 0. The number of ether oxygens (including phenoxy) is 2. The van der Waals surface area contributed by atoms with Crippen LogP contribution >= 0.6 is 0 Å². The normalized spacial score (nSPS) is 19.0. The monoisotopic (exact) mass is 333 g/mol. The largest absolute Gasteiger partial charge is 0.466 e. The molecule has 2 rings (SSSR count). The number of nitrogens with zero attached hydrogens (tertiary/aromatic N) is 1. The molecule has 5 nitrogen and oxygen atoms in total. The van der Waals surface area contributed by atoms with Crippen molar-refractivity contribution in [1.29, 1.82) is 0 Å². The van der Waals surface area contributed by atoms with Gasteiger partial charge in [-0.25, -0.2) is 4.79 Å². The lowest BCUT2D eigenvalue weighted by molar-refractivity contribution is -0.146. The lowest BCUT2D eigenvalue weighted by Gasteiger charge is -2.25. The topological polar surface area (TPSA) is 55.8 Å². The highest BCUT2D eigenvalue weighted by molar-refractivity contribution is 5.79. The molecule has 1 aliphatic rings. The highest BCUT2D eigenvalue weighted by Crippen LogP contribution is 2.33. The van der Waals surface area contributed by atoms with Crippen LogP contribution in [0.5, 0.6) is 0 Å². The number of esters is 1. The first-order chi connectivity index (χ1) is 11.3. The van der Waals surface area contributed by atoms with E-state index in [9.17, 15) is 9.59 Å². The van der Waals surface area contributed by atoms with Crippen LogP contribution < -0.4 is 0 Å². The second kappa shape index (κ2) is 7.69. The number of amides is 1. The summed E-state index contributed by atoms with van der Waals surface area (Å²) in [6.45, 7) is 8.82. The lowest BCUT2D eigenvalue weighted by atomic mass is 9.85. The van der Waals surface area contributed by atoms with Crippen molar-refractivity contribution in [3.63, 3.8) is 0 Å². The van der Waals surface area contributed by atoms with Gasteiger partial charge in [0.1, 0.15) is 5.60 Å². The first-order valence-electron chi connectivity index (χ1n) is 8.51. The Bertz CT molecular complexity index is 564. The summed E-state index contributed by atoms with van der Waals surface area (Å²) in [5.74, 6) is -0.530. The van der Waals surface area contributed by atoms with E-state index in [0.29, 0.717) is 19.7 Å². The van der Waals surface area contributed by atoms with Crippen molar-refractivity contribution in [2.45, 2.75) is 45.6 Å². The maximum absolute atomic E-state index is 12.5. The molecule has 1 aromatic rings. The van der Waals surface area contributed by atoms with Crippen molar-refractivity contribution in [2.24, 2.45) is 5.92 Å². The molecule has 1 heterocycles. The van der Waals surface area contributed by atoms with Crippen LogP contribution in [-0.2, 0) is 14.3 Å². The Hall–Kier alpha value is -2.04. The molecule has 1 amide bonds. The molecule has 0 saturated carbocycles. The Balaban J connectivity index is 2.12. The van der Waals surface area contributed by atoms with Crippen LogP contribution in [0.2, 0.25) is 0 Å². The molecule has 132 valence electrons. The van der Waals surface area contributed by atoms with E-state index in [-0.39, 0.29) is 23.9 Å². The third kappa shape index (κ3) is 4.73. The Morgan fingerprint density at radius 3 is 2.50 bits per heavy atom. The molecule has 5 heteroatoms. The zero-order chi connectivity index (χ0) is 17.7. The minimum atomic E-state index is -0.519. The smallest absolute Gasteiger partial charge is 0.410 e. The van der Waals surface area contributed by atoms with E-state index in [2.05, 4.69) is 0 Å². The van der Waals surface area contributed by atoms with Crippen LogP contribution in [-0.4, -0.2) is 42.3 Å². The number of rotatable bonds is 4. The minimum absolute atomic E-state index is 0.0407. The lowest BCUT2D eigenvalue weighted by Crippen LogP contribution is -2.36. The molecule has 0 radical (unpaired) electrons. The molecule has 0 N–H and O–H groups in total. The average Bonchev–Trinajstić information content (AvgIpc) is 2.97. The van der Waals surface area contributed by atoms with Gasteiger partial charge in [-0.2, -0.15) is 0 Å². The molecule has 2 unspecified atom stereocenters. The summed E-state index contributed by atoms with van der Waals surface area (Å²) in [6.07, 6.45) is 0.443. The van der Waals surface area contributed by atoms with Crippen LogP contribution in [0.3, 0.4) is 0 Å². The van der Waals surface area contributed by atoms with E-state index in [4.69, 9.17) is 9.47 Å². The fourth-order valence-electron chi connectivity index (χ4n) is 3.04. The molecule has 1 saturated heterocycles. The zero-order valence-corrected chi connectivity index (χ0v) is 15.0. The number of hydrogen-bond donors (Lipinski definition) is 0. The molecule has 1 aromatic carbocycles. The Morgan fingerprint density at radius 1 is 1.25 bits per heavy atom. The van der Waals surface area contributed by atoms with E-state index < -0.39 is 5.60 Å². The Kier molecular flexibility index (Phi) is 5.86. The second-order valence-corrected chi connectivity index (χ2v) is 7.12. The Morgan fingerprint density at radius 2 is 1.92 bits per heavy atom. The number of carbonyl (C=O) groups excluding carboxylic acids is 2. The van der Waals surface area contributed by atoms with E-state index >= 15 is 0 Å². The van der Waals surface area contributed by atoms with Crippen molar-refractivity contribution in [3.8, 4) is 0 Å². The van der Waals surface area contributed by atoms with Gasteiger partial charge in [0.2, 0.25) is 0 Å². The van der Waals surface area contributed by atoms with Gasteiger partial charge in [0, 0.05) is 13.1 Å². The third-order valence-corrected chi connectivity index (χ3v) is 4.05. The summed E-state index contributed by atoms with van der Waals surface area (Å²) in [5.41, 5.74) is 0.418. The number of hydrogen-bond acceptors (Lipinski definition) is 4. The fraction of sp³-hybridized carbons (Fsp3) is 0.579. The average molecular weight is 333 g/mol. The van der Waals surface area contributed by atoms with Gasteiger partial charge in [-0.3, -0.25) is 4.79 Å². The summed E-state index contributed by atoms with van der Waals surface area (Å²) >= 11 is 0. The molecule has 0 aliphatic carbocycles. The van der Waals surface area contributed by atoms with Gasteiger partial charge in [0.05, 0.1) is 12.5 Å².